The first-order chi connectivity index (χ1) is 12.5. The number of nitrogens with one attached hydrogen (secondary N) is 2. The zero-order valence-electron chi connectivity index (χ0n) is 15.8. The summed E-state index contributed by atoms with van der Waals surface area (Å²) in [5.74, 6) is 1.31. The molecular weight excluding hydrogens is 332 g/mol. The summed E-state index contributed by atoms with van der Waals surface area (Å²) in [6.07, 6.45) is 3.79. The van der Waals surface area contributed by atoms with Crippen molar-refractivity contribution in [2.75, 3.05) is 39.0 Å². The van der Waals surface area contributed by atoms with Crippen molar-refractivity contribution in [2.45, 2.75) is 45.2 Å². The summed E-state index contributed by atoms with van der Waals surface area (Å²) in [7, 11) is 3.97. The van der Waals surface area contributed by atoms with Crippen molar-refractivity contribution in [2.24, 2.45) is 0 Å². The summed E-state index contributed by atoms with van der Waals surface area (Å²) in [5.41, 5.74) is 2.23. The molecule has 26 heavy (non-hydrogen) atoms. The minimum atomic E-state index is -0.197. The van der Waals surface area contributed by atoms with E-state index in [1.807, 2.05) is 11.9 Å². The fourth-order valence-corrected chi connectivity index (χ4v) is 3.74. The maximum Gasteiger partial charge on any atom is 0.242 e. The van der Waals surface area contributed by atoms with Crippen LogP contribution < -0.4 is 10.6 Å². The smallest absolute Gasteiger partial charge is 0.242 e. The molecule has 0 radical (unpaired) electrons. The second-order valence-corrected chi connectivity index (χ2v) is 7.10. The van der Waals surface area contributed by atoms with E-state index in [4.69, 9.17) is 9.97 Å². The highest BCUT2D eigenvalue weighted by atomic mass is 16.2. The van der Waals surface area contributed by atoms with Crippen LogP contribution in [0.5, 0.6) is 0 Å². The first kappa shape index (κ1) is 18.6. The number of hydrogen-bond acceptors (Lipinski definition) is 6. The monoisotopic (exact) mass is 360 g/mol. The Morgan fingerprint density at radius 3 is 2.77 bits per heavy atom. The zero-order chi connectivity index (χ0) is 18.7. The van der Waals surface area contributed by atoms with Crippen LogP contribution in [0.25, 0.3) is 0 Å². The SMILES string of the molecule is CNc1nc([C@H]2CCCCN2C(=O)CNC(C)=O)nc2c1CCN(C)C2. The highest BCUT2D eigenvalue weighted by Gasteiger charge is 2.31. The molecule has 1 aromatic rings. The van der Waals surface area contributed by atoms with Gasteiger partial charge in [0, 0.05) is 39.2 Å². The lowest BCUT2D eigenvalue weighted by molar-refractivity contribution is -0.136. The Morgan fingerprint density at radius 2 is 2.04 bits per heavy atom. The van der Waals surface area contributed by atoms with Crippen molar-refractivity contribution in [1.82, 2.24) is 25.1 Å². The van der Waals surface area contributed by atoms with Crippen LogP contribution in [-0.2, 0) is 22.6 Å². The Hall–Kier alpha value is -2.22. The Bertz CT molecular complexity index is 693. The predicted octanol–water partition coefficient (Wildman–Crippen LogP) is 0.696. The number of piperidine rings is 1. The normalized spacial score (nSPS) is 20.4. The van der Waals surface area contributed by atoms with Gasteiger partial charge in [-0.3, -0.25) is 9.59 Å². The molecule has 2 amide bonds. The molecule has 2 aliphatic rings. The van der Waals surface area contributed by atoms with Crippen LogP contribution in [-0.4, -0.2) is 65.3 Å². The number of likely N-dealkylation sites (tertiary alicyclic amines) is 1. The number of likely N-dealkylation sites (N-methyl/N-ethyl adjacent to an activating group) is 1. The van der Waals surface area contributed by atoms with Crippen LogP contribution in [0.15, 0.2) is 0 Å². The molecule has 2 N–H and O–H groups in total. The van der Waals surface area contributed by atoms with E-state index < -0.39 is 0 Å². The van der Waals surface area contributed by atoms with Crippen LogP contribution >= 0.6 is 0 Å². The number of hydrogen-bond donors (Lipinski definition) is 2. The van der Waals surface area contributed by atoms with Gasteiger partial charge in [-0.15, -0.1) is 0 Å². The Labute approximate surface area is 154 Å². The van der Waals surface area contributed by atoms with Crippen molar-refractivity contribution in [3.63, 3.8) is 0 Å². The van der Waals surface area contributed by atoms with Gasteiger partial charge in [-0.1, -0.05) is 0 Å². The number of nitrogens with zero attached hydrogens (tertiary/aromatic N) is 4. The summed E-state index contributed by atoms with van der Waals surface area (Å²) in [5, 5.41) is 5.81. The molecule has 1 saturated heterocycles. The molecule has 0 aliphatic carbocycles. The van der Waals surface area contributed by atoms with Crippen LogP contribution in [0.3, 0.4) is 0 Å². The van der Waals surface area contributed by atoms with Gasteiger partial charge in [0.2, 0.25) is 11.8 Å². The van der Waals surface area contributed by atoms with E-state index in [9.17, 15) is 9.59 Å². The summed E-state index contributed by atoms with van der Waals surface area (Å²) in [4.78, 5) is 37.4. The van der Waals surface area contributed by atoms with Gasteiger partial charge >= 0.3 is 0 Å². The Kier molecular flexibility index (Phi) is 5.70. The van der Waals surface area contributed by atoms with E-state index in [0.717, 1.165) is 50.3 Å². The van der Waals surface area contributed by atoms with Gasteiger partial charge in [-0.05, 0) is 32.7 Å². The highest BCUT2D eigenvalue weighted by molar-refractivity contribution is 5.84. The van der Waals surface area contributed by atoms with Crippen molar-refractivity contribution < 1.29 is 9.59 Å². The molecule has 3 rings (SSSR count). The molecule has 0 unspecified atom stereocenters. The third-order valence-electron chi connectivity index (χ3n) is 5.12. The van der Waals surface area contributed by atoms with Crippen molar-refractivity contribution in [1.29, 1.82) is 0 Å². The number of amides is 2. The summed E-state index contributed by atoms with van der Waals surface area (Å²) in [6.45, 7) is 3.92. The average Bonchev–Trinajstić information content (AvgIpc) is 2.64. The molecule has 0 bridgehead atoms. The van der Waals surface area contributed by atoms with Crippen LogP contribution in [0.1, 0.15) is 49.3 Å². The molecule has 2 aliphatic heterocycles. The minimum Gasteiger partial charge on any atom is -0.373 e. The molecule has 8 heteroatoms. The molecule has 3 heterocycles. The summed E-state index contributed by atoms with van der Waals surface area (Å²) >= 11 is 0. The van der Waals surface area contributed by atoms with Crippen LogP contribution in [0.4, 0.5) is 5.82 Å². The Morgan fingerprint density at radius 1 is 1.23 bits per heavy atom. The second kappa shape index (κ2) is 7.99. The molecule has 0 spiro atoms. The van der Waals surface area contributed by atoms with Gasteiger partial charge in [0.15, 0.2) is 5.82 Å². The van der Waals surface area contributed by atoms with Gasteiger partial charge in [0.25, 0.3) is 0 Å². The third kappa shape index (κ3) is 3.95. The molecule has 1 fully saturated rings. The zero-order valence-corrected chi connectivity index (χ0v) is 15.8. The van der Waals surface area contributed by atoms with Crippen molar-refractivity contribution in [3.8, 4) is 0 Å². The van der Waals surface area contributed by atoms with Gasteiger partial charge in [-0.2, -0.15) is 0 Å². The lowest BCUT2D eigenvalue weighted by Gasteiger charge is -2.36. The molecule has 0 saturated carbocycles. The maximum atomic E-state index is 12.6. The third-order valence-corrected chi connectivity index (χ3v) is 5.12. The minimum absolute atomic E-state index is 0.0262. The lowest BCUT2D eigenvalue weighted by Crippen LogP contribution is -2.44. The van der Waals surface area contributed by atoms with E-state index in [1.165, 1.54) is 12.5 Å². The summed E-state index contributed by atoms with van der Waals surface area (Å²) in [6, 6.07) is -0.130. The van der Waals surface area contributed by atoms with Crippen LogP contribution in [0.2, 0.25) is 0 Å². The van der Waals surface area contributed by atoms with E-state index >= 15 is 0 Å². The predicted molar refractivity (Wildman–Crippen MR) is 98.6 cm³/mol. The van der Waals surface area contributed by atoms with E-state index in [0.29, 0.717) is 12.4 Å². The first-order valence-corrected chi connectivity index (χ1v) is 9.29. The molecule has 0 aromatic carbocycles. The average molecular weight is 360 g/mol. The number of fused-ring (bicyclic) bond motifs is 1. The summed E-state index contributed by atoms with van der Waals surface area (Å²) < 4.78 is 0. The number of carbonyl (C=O) groups is 2. The highest BCUT2D eigenvalue weighted by Crippen LogP contribution is 2.32. The molecule has 142 valence electrons. The van der Waals surface area contributed by atoms with E-state index in [2.05, 4.69) is 22.6 Å². The lowest BCUT2D eigenvalue weighted by atomic mass is 9.99. The van der Waals surface area contributed by atoms with E-state index in [-0.39, 0.29) is 24.4 Å². The number of rotatable bonds is 4. The number of carbonyl (C=O) groups excluding carboxylic acids is 2. The molecular formula is C18H28N6O2. The second-order valence-electron chi connectivity index (χ2n) is 7.10. The number of aromatic nitrogens is 2. The molecule has 8 nitrogen and oxygen atoms in total. The largest absolute Gasteiger partial charge is 0.373 e. The van der Waals surface area contributed by atoms with Crippen molar-refractivity contribution in [3.05, 3.63) is 17.1 Å². The van der Waals surface area contributed by atoms with E-state index in [1.54, 1.807) is 0 Å². The van der Waals surface area contributed by atoms with Gasteiger partial charge in [-0.25, -0.2) is 9.97 Å². The fourth-order valence-electron chi connectivity index (χ4n) is 3.74. The standard InChI is InChI=1S/C18H28N6O2/c1-12(25)20-10-16(26)24-8-5-4-6-15(24)18-21-14-11-23(3)9-7-13(14)17(19-2)22-18/h15H,4-11H2,1-3H3,(H,20,25)(H,19,21,22)/t15-/m1/s1. The van der Waals surface area contributed by atoms with Crippen molar-refractivity contribution >= 4 is 17.6 Å². The Balaban J connectivity index is 1.88. The maximum absolute atomic E-state index is 12.6. The number of anilines is 1. The van der Waals surface area contributed by atoms with Crippen LogP contribution in [0, 0.1) is 0 Å². The molecule has 1 atom stereocenters. The fraction of sp³-hybridized carbons (Fsp3) is 0.667. The molecule has 1 aromatic heterocycles. The van der Waals surface area contributed by atoms with Gasteiger partial charge < -0.3 is 20.4 Å². The first-order valence-electron chi connectivity index (χ1n) is 9.29. The van der Waals surface area contributed by atoms with Gasteiger partial charge in [0.1, 0.15) is 5.82 Å². The quantitative estimate of drug-likeness (QED) is 0.821. The van der Waals surface area contributed by atoms with Gasteiger partial charge in [0.05, 0.1) is 18.3 Å². The topological polar surface area (TPSA) is 90.5 Å².